The van der Waals surface area contributed by atoms with Crippen molar-refractivity contribution in [2.45, 2.75) is 26.2 Å². The molecule has 0 radical (unpaired) electrons. The second-order valence-corrected chi connectivity index (χ2v) is 10.8. The van der Waals surface area contributed by atoms with E-state index in [1.165, 1.54) is 12.1 Å². The van der Waals surface area contributed by atoms with Gasteiger partial charge in [0.15, 0.2) is 5.82 Å². The standard InChI is InChI=1S/C32H32FN9O2/c1-4-5-6-29(43)37-22-10-20(14-34-15-22)26-13-24-27(18-36-26)40-41-31(24)32-38-28-17-35-16-25(30(28)39-32)19-9-21(33)12-23(11-19)44-8-7-42(2)3/h9-18H,4-8H2,1-3H3,(H,37,43)(H,38,39)(H,40,41). The van der Waals surface area contributed by atoms with Gasteiger partial charge in [0.05, 0.1) is 46.5 Å². The van der Waals surface area contributed by atoms with Gasteiger partial charge in [-0.2, -0.15) is 5.10 Å². The van der Waals surface area contributed by atoms with Crippen LogP contribution >= 0.6 is 0 Å². The molecule has 5 aromatic heterocycles. The van der Waals surface area contributed by atoms with E-state index in [2.05, 4.69) is 35.5 Å². The number of nitrogens with one attached hydrogen (secondary N) is 3. The molecule has 12 heteroatoms. The van der Waals surface area contributed by atoms with Crippen molar-refractivity contribution in [3.63, 3.8) is 0 Å². The Morgan fingerprint density at radius 2 is 1.86 bits per heavy atom. The number of amides is 1. The summed E-state index contributed by atoms with van der Waals surface area (Å²) in [4.78, 5) is 35.7. The molecule has 0 atom stereocenters. The van der Waals surface area contributed by atoms with Crippen molar-refractivity contribution in [2.75, 3.05) is 32.6 Å². The van der Waals surface area contributed by atoms with Gasteiger partial charge in [-0.05, 0) is 50.3 Å². The smallest absolute Gasteiger partial charge is 0.224 e. The molecule has 5 heterocycles. The first-order valence-electron chi connectivity index (χ1n) is 14.4. The number of aromatic nitrogens is 7. The fourth-order valence-corrected chi connectivity index (χ4v) is 4.87. The zero-order valence-corrected chi connectivity index (χ0v) is 24.7. The van der Waals surface area contributed by atoms with Crippen molar-refractivity contribution in [1.29, 1.82) is 0 Å². The maximum Gasteiger partial charge on any atom is 0.224 e. The number of fused-ring (bicyclic) bond motifs is 2. The number of anilines is 1. The van der Waals surface area contributed by atoms with Crippen LogP contribution in [0.4, 0.5) is 10.1 Å². The zero-order chi connectivity index (χ0) is 30.6. The summed E-state index contributed by atoms with van der Waals surface area (Å²) in [6.45, 7) is 3.19. The minimum Gasteiger partial charge on any atom is -0.492 e. The van der Waals surface area contributed by atoms with Crippen LogP contribution in [-0.2, 0) is 4.79 Å². The molecule has 0 spiro atoms. The number of benzene rings is 1. The molecule has 11 nitrogen and oxygen atoms in total. The van der Waals surface area contributed by atoms with E-state index in [1.807, 2.05) is 38.1 Å². The van der Waals surface area contributed by atoms with E-state index in [0.717, 1.165) is 29.3 Å². The van der Waals surface area contributed by atoms with E-state index < -0.39 is 5.82 Å². The first-order chi connectivity index (χ1) is 21.4. The van der Waals surface area contributed by atoms with Crippen LogP contribution in [0.5, 0.6) is 5.75 Å². The van der Waals surface area contributed by atoms with Crippen LogP contribution in [0.2, 0.25) is 0 Å². The second kappa shape index (κ2) is 12.6. The largest absolute Gasteiger partial charge is 0.492 e. The number of ether oxygens (including phenoxy) is 1. The highest BCUT2D eigenvalue weighted by atomic mass is 19.1. The highest BCUT2D eigenvalue weighted by Crippen LogP contribution is 2.34. The number of H-pyrrole nitrogens is 2. The van der Waals surface area contributed by atoms with Crippen molar-refractivity contribution in [1.82, 2.24) is 40.0 Å². The number of likely N-dealkylation sites (N-methyl/N-ethyl adjacent to an activating group) is 1. The highest BCUT2D eigenvalue weighted by molar-refractivity contribution is 5.97. The maximum absolute atomic E-state index is 14.6. The summed E-state index contributed by atoms with van der Waals surface area (Å²) < 4.78 is 20.4. The third-order valence-corrected chi connectivity index (χ3v) is 7.13. The molecule has 44 heavy (non-hydrogen) atoms. The lowest BCUT2D eigenvalue weighted by atomic mass is 10.1. The predicted octanol–water partition coefficient (Wildman–Crippen LogP) is 5.83. The number of rotatable bonds is 11. The molecule has 0 bridgehead atoms. The van der Waals surface area contributed by atoms with Gasteiger partial charge in [0.25, 0.3) is 0 Å². The number of unbranched alkanes of at least 4 members (excludes halogenated alkanes) is 1. The van der Waals surface area contributed by atoms with Gasteiger partial charge < -0.3 is 19.9 Å². The minimum absolute atomic E-state index is 0.0450. The van der Waals surface area contributed by atoms with Crippen LogP contribution in [-0.4, -0.2) is 73.2 Å². The third-order valence-electron chi connectivity index (χ3n) is 7.13. The van der Waals surface area contributed by atoms with Crippen molar-refractivity contribution < 1.29 is 13.9 Å². The van der Waals surface area contributed by atoms with Gasteiger partial charge in [0.2, 0.25) is 5.91 Å². The maximum atomic E-state index is 14.6. The van der Waals surface area contributed by atoms with Crippen LogP contribution in [0.1, 0.15) is 26.2 Å². The Morgan fingerprint density at radius 3 is 2.70 bits per heavy atom. The topological polar surface area (TPSA) is 138 Å². The van der Waals surface area contributed by atoms with Crippen molar-refractivity contribution >= 4 is 33.5 Å². The molecule has 0 aliphatic rings. The van der Waals surface area contributed by atoms with Gasteiger partial charge in [-0.1, -0.05) is 13.3 Å². The van der Waals surface area contributed by atoms with Crippen molar-refractivity contribution in [3.05, 3.63) is 67.1 Å². The van der Waals surface area contributed by atoms with E-state index in [0.29, 0.717) is 70.4 Å². The first-order valence-corrected chi connectivity index (χ1v) is 14.4. The van der Waals surface area contributed by atoms with Crippen LogP contribution in [0, 0.1) is 5.82 Å². The molecule has 3 N–H and O–H groups in total. The molecule has 0 aliphatic heterocycles. The number of hydrogen-bond donors (Lipinski definition) is 3. The molecule has 6 rings (SSSR count). The average Bonchev–Trinajstić information content (AvgIpc) is 3.63. The molecule has 0 saturated heterocycles. The van der Waals surface area contributed by atoms with Gasteiger partial charge in [-0.3, -0.25) is 24.8 Å². The molecule has 0 fully saturated rings. The van der Waals surface area contributed by atoms with Gasteiger partial charge >= 0.3 is 0 Å². The third kappa shape index (κ3) is 6.25. The number of carbonyl (C=O) groups is 1. The second-order valence-electron chi connectivity index (χ2n) is 10.8. The summed E-state index contributed by atoms with van der Waals surface area (Å²) in [5.74, 6) is 0.502. The predicted molar refractivity (Wildman–Crippen MR) is 168 cm³/mol. The Morgan fingerprint density at radius 1 is 1.00 bits per heavy atom. The van der Waals surface area contributed by atoms with E-state index in [1.54, 1.807) is 37.1 Å². The lowest BCUT2D eigenvalue weighted by molar-refractivity contribution is -0.116. The SMILES string of the molecule is CCCCC(=O)Nc1cncc(-c2cc3c(-c4nc5c(-c6cc(F)cc(OCCN(C)C)c6)cncc5[nH]4)n[nH]c3cn2)c1. The number of aromatic amines is 2. The Kier molecular flexibility index (Phi) is 8.24. The van der Waals surface area contributed by atoms with E-state index in [4.69, 9.17) is 9.72 Å². The number of nitrogens with zero attached hydrogens (tertiary/aromatic N) is 6. The van der Waals surface area contributed by atoms with E-state index in [9.17, 15) is 9.18 Å². The summed E-state index contributed by atoms with van der Waals surface area (Å²) in [5.41, 5.74) is 5.91. The van der Waals surface area contributed by atoms with E-state index >= 15 is 0 Å². The molecule has 0 aliphatic carbocycles. The van der Waals surface area contributed by atoms with Gasteiger partial charge in [0.1, 0.15) is 23.9 Å². The number of carbonyl (C=O) groups excluding carboxylic acids is 1. The molecule has 6 aromatic rings. The fourth-order valence-electron chi connectivity index (χ4n) is 4.87. The van der Waals surface area contributed by atoms with Crippen molar-refractivity contribution in [2.24, 2.45) is 0 Å². The summed E-state index contributed by atoms with van der Waals surface area (Å²) in [7, 11) is 3.90. The van der Waals surface area contributed by atoms with Gasteiger partial charge in [0, 0.05) is 47.9 Å². The van der Waals surface area contributed by atoms with Crippen molar-refractivity contribution in [3.8, 4) is 39.7 Å². The van der Waals surface area contributed by atoms with E-state index in [-0.39, 0.29) is 5.91 Å². The minimum atomic E-state index is -0.410. The normalized spacial score (nSPS) is 11.5. The first kappa shape index (κ1) is 28.9. The highest BCUT2D eigenvalue weighted by Gasteiger charge is 2.18. The number of imidazole rings is 1. The summed E-state index contributed by atoms with van der Waals surface area (Å²) in [5, 5.41) is 11.3. The zero-order valence-electron chi connectivity index (χ0n) is 24.7. The Hall–Kier alpha value is -5.23. The van der Waals surface area contributed by atoms with Gasteiger partial charge in [-0.15, -0.1) is 0 Å². The molecule has 1 amide bonds. The molecule has 0 unspecified atom stereocenters. The monoisotopic (exact) mass is 593 g/mol. The molecule has 224 valence electrons. The summed E-state index contributed by atoms with van der Waals surface area (Å²) in [6.07, 6.45) is 10.6. The molecular formula is C32H32FN9O2. The summed E-state index contributed by atoms with van der Waals surface area (Å²) in [6, 6.07) is 8.36. The number of hydrogen-bond acceptors (Lipinski definition) is 8. The van der Waals surface area contributed by atoms with Crippen LogP contribution in [0.3, 0.4) is 0 Å². The molecule has 1 aromatic carbocycles. The number of pyridine rings is 3. The van der Waals surface area contributed by atoms with Gasteiger partial charge in [-0.25, -0.2) is 9.37 Å². The average molecular weight is 594 g/mol. The lowest BCUT2D eigenvalue weighted by Crippen LogP contribution is -2.19. The van der Waals surface area contributed by atoms with Crippen LogP contribution in [0.25, 0.3) is 55.8 Å². The molecule has 0 saturated carbocycles. The van der Waals surface area contributed by atoms with Crippen LogP contribution in [0.15, 0.2) is 61.3 Å². The Labute approximate surface area is 252 Å². The Bertz CT molecular complexity index is 1950. The Balaban J connectivity index is 1.33. The summed E-state index contributed by atoms with van der Waals surface area (Å²) >= 11 is 0. The fraction of sp³-hybridized carbons (Fsp3) is 0.250. The lowest BCUT2D eigenvalue weighted by Gasteiger charge is -2.12. The van der Waals surface area contributed by atoms with Crippen LogP contribution < -0.4 is 10.1 Å². The number of halogens is 1. The quantitative estimate of drug-likeness (QED) is 0.171. The molecular weight excluding hydrogens is 561 g/mol.